The van der Waals surface area contributed by atoms with E-state index in [1.807, 2.05) is 5.01 Å². The molecule has 0 amide bonds. The van der Waals surface area contributed by atoms with E-state index in [2.05, 4.69) is 20.8 Å². The topological polar surface area (TPSA) is 29.3 Å². The van der Waals surface area contributed by atoms with Gasteiger partial charge in [0.1, 0.15) is 0 Å². The minimum atomic E-state index is 0.764. The van der Waals surface area contributed by atoms with Crippen LogP contribution in [0.15, 0.2) is 0 Å². The molecule has 0 aromatic carbocycles. The van der Waals surface area contributed by atoms with Crippen LogP contribution in [0.3, 0.4) is 0 Å². The molecule has 0 aromatic rings. The van der Waals surface area contributed by atoms with Gasteiger partial charge in [-0.2, -0.15) is 0 Å². The predicted molar refractivity (Wildman–Crippen MR) is 77.8 cm³/mol. The van der Waals surface area contributed by atoms with Gasteiger partial charge in [-0.3, -0.25) is 5.84 Å². The largest absolute Gasteiger partial charge is 0.269 e. The molecule has 17 heavy (non-hydrogen) atoms. The molecule has 0 saturated heterocycles. The number of hydrogen-bond acceptors (Lipinski definition) is 2. The maximum absolute atomic E-state index is 5.94. The number of nitrogens with two attached hydrogens (primary N) is 1. The fourth-order valence-electron chi connectivity index (χ4n) is 1.98. The van der Waals surface area contributed by atoms with Crippen LogP contribution in [-0.4, -0.2) is 18.1 Å². The van der Waals surface area contributed by atoms with Gasteiger partial charge in [0.05, 0.1) is 0 Å². The van der Waals surface area contributed by atoms with Gasteiger partial charge >= 0.3 is 0 Å². The molecule has 2 N–H and O–H groups in total. The standard InChI is InChI=1S/C15H34N2/c1-4-5-6-7-8-9-10-11-13-17(16)14-12-15(2)3/h15H,4-14,16H2,1-3H3. The van der Waals surface area contributed by atoms with E-state index < -0.39 is 0 Å². The normalized spacial score (nSPS) is 11.6. The summed E-state index contributed by atoms with van der Waals surface area (Å²) in [5, 5.41) is 2.00. The van der Waals surface area contributed by atoms with E-state index >= 15 is 0 Å². The summed E-state index contributed by atoms with van der Waals surface area (Å²) >= 11 is 0. The van der Waals surface area contributed by atoms with Gasteiger partial charge in [-0.1, -0.05) is 65.7 Å². The first-order chi connectivity index (χ1) is 8.16. The summed E-state index contributed by atoms with van der Waals surface area (Å²) in [5.74, 6) is 6.70. The minimum absolute atomic E-state index is 0.764. The summed E-state index contributed by atoms with van der Waals surface area (Å²) in [4.78, 5) is 0. The Balaban J connectivity index is 3.11. The van der Waals surface area contributed by atoms with Crippen LogP contribution < -0.4 is 5.84 Å². The lowest BCUT2D eigenvalue weighted by Gasteiger charge is -2.17. The molecule has 0 aromatic heterocycles. The molecule has 0 bridgehead atoms. The molecule has 104 valence electrons. The van der Waals surface area contributed by atoms with E-state index in [1.165, 1.54) is 57.8 Å². The van der Waals surface area contributed by atoms with Gasteiger partial charge in [-0.05, 0) is 18.8 Å². The maximum atomic E-state index is 5.94. The van der Waals surface area contributed by atoms with E-state index in [-0.39, 0.29) is 0 Å². The second kappa shape index (κ2) is 12.4. The third-order valence-electron chi connectivity index (χ3n) is 3.29. The van der Waals surface area contributed by atoms with E-state index in [4.69, 9.17) is 5.84 Å². The summed E-state index contributed by atoms with van der Waals surface area (Å²) in [5.41, 5.74) is 0. The molecule has 2 nitrogen and oxygen atoms in total. The molecule has 0 unspecified atom stereocenters. The highest BCUT2D eigenvalue weighted by Crippen LogP contribution is 2.08. The molecule has 0 rings (SSSR count). The summed E-state index contributed by atoms with van der Waals surface area (Å²) in [6.07, 6.45) is 12.2. The zero-order chi connectivity index (χ0) is 12.9. The predicted octanol–water partition coefficient (Wildman–Crippen LogP) is 4.35. The third-order valence-corrected chi connectivity index (χ3v) is 3.29. The molecule has 0 atom stereocenters. The number of hydrogen-bond donors (Lipinski definition) is 1. The third kappa shape index (κ3) is 13.9. The van der Waals surface area contributed by atoms with Crippen LogP contribution in [-0.2, 0) is 0 Å². The van der Waals surface area contributed by atoms with Crippen LogP contribution in [0, 0.1) is 5.92 Å². The molecule has 0 heterocycles. The first kappa shape index (κ1) is 16.9. The zero-order valence-corrected chi connectivity index (χ0v) is 12.4. The average molecular weight is 242 g/mol. The SMILES string of the molecule is CCCCCCCCCCN(N)CCC(C)C. The Kier molecular flexibility index (Phi) is 12.3. The lowest BCUT2D eigenvalue weighted by Crippen LogP contribution is -2.33. The van der Waals surface area contributed by atoms with Gasteiger partial charge in [-0.25, -0.2) is 5.01 Å². The highest BCUT2D eigenvalue weighted by Gasteiger charge is 2.00. The van der Waals surface area contributed by atoms with E-state index in [9.17, 15) is 0 Å². The summed E-state index contributed by atoms with van der Waals surface area (Å²) in [6.45, 7) is 8.90. The molecule has 0 saturated carbocycles. The highest BCUT2D eigenvalue weighted by atomic mass is 15.4. The lowest BCUT2D eigenvalue weighted by molar-refractivity contribution is 0.259. The summed E-state index contributed by atoms with van der Waals surface area (Å²) < 4.78 is 0. The highest BCUT2D eigenvalue weighted by molar-refractivity contribution is 4.53. The van der Waals surface area contributed by atoms with Crippen LogP contribution in [0.1, 0.15) is 78.6 Å². The van der Waals surface area contributed by atoms with Crippen molar-refractivity contribution in [1.29, 1.82) is 0 Å². The van der Waals surface area contributed by atoms with Gasteiger partial charge in [0.2, 0.25) is 0 Å². The molecular formula is C15H34N2. The zero-order valence-electron chi connectivity index (χ0n) is 12.4. The van der Waals surface area contributed by atoms with Crippen molar-refractivity contribution in [1.82, 2.24) is 5.01 Å². The molecule has 0 spiro atoms. The van der Waals surface area contributed by atoms with Crippen molar-refractivity contribution >= 4 is 0 Å². The summed E-state index contributed by atoms with van der Waals surface area (Å²) in [6, 6.07) is 0. The fraction of sp³-hybridized carbons (Fsp3) is 1.00. The first-order valence-electron chi connectivity index (χ1n) is 7.66. The van der Waals surface area contributed by atoms with Crippen molar-refractivity contribution in [2.45, 2.75) is 78.6 Å². The number of nitrogens with zero attached hydrogens (tertiary/aromatic N) is 1. The van der Waals surface area contributed by atoms with E-state index in [0.29, 0.717) is 0 Å². The Morgan fingerprint density at radius 3 is 1.88 bits per heavy atom. The van der Waals surface area contributed by atoms with Gasteiger partial charge in [-0.15, -0.1) is 0 Å². The van der Waals surface area contributed by atoms with Crippen molar-refractivity contribution < 1.29 is 0 Å². The number of hydrazine groups is 1. The quantitative estimate of drug-likeness (QED) is 0.313. The van der Waals surface area contributed by atoms with E-state index in [0.717, 1.165) is 19.0 Å². The Morgan fingerprint density at radius 1 is 0.824 bits per heavy atom. The fourth-order valence-corrected chi connectivity index (χ4v) is 1.98. The second-order valence-corrected chi connectivity index (χ2v) is 5.69. The van der Waals surface area contributed by atoms with Crippen LogP contribution >= 0.6 is 0 Å². The Morgan fingerprint density at radius 2 is 1.35 bits per heavy atom. The van der Waals surface area contributed by atoms with E-state index in [1.54, 1.807) is 0 Å². The van der Waals surface area contributed by atoms with Gasteiger partial charge < -0.3 is 0 Å². The van der Waals surface area contributed by atoms with Gasteiger partial charge in [0.15, 0.2) is 0 Å². The Hall–Kier alpha value is -0.0800. The van der Waals surface area contributed by atoms with Crippen LogP contribution in [0.2, 0.25) is 0 Å². The Labute approximate surface area is 109 Å². The van der Waals surface area contributed by atoms with Crippen molar-refractivity contribution in [2.75, 3.05) is 13.1 Å². The van der Waals surface area contributed by atoms with Crippen LogP contribution in [0.4, 0.5) is 0 Å². The molecule has 0 aliphatic rings. The number of unbranched alkanes of at least 4 members (excludes halogenated alkanes) is 7. The van der Waals surface area contributed by atoms with Crippen molar-refractivity contribution in [2.24, 2.45) is 11.8 Å². The molecule has 2 heteroatoms. The molecular weight excluding hydrogens is 208 g/mol. The summed E-state index contributed by atoms with van der Waals surface area (Å²) in [7, 11) is 0. The van der Waals surface area contributed by atoms with Gasteiger partial charge in [0, 0.05) is 13.1 Å². The lowest BCUT2D eigenvalue weighted by atomic mass is 10.1. The van der Waals surface area contributed by atoms with Crippen LogP contribution in [0.5, 0.6) is 0 Å². The monoisotopic (exact) mass is 242 g/mol. The second-order valence-electron chi connectivity index (χ2n) is 5.69. The smallest absolute Gasteiger partial charge is 0.0131 e. The molecule has 0 radical (unpaired) electrons. The minimum Gasteiger partial charge on any atom is -0.269 e. The molecule has 0 aliphatic heterocycles. The maximum Gasteiger partial charge on any atom is 0.0131 e. The van der Waals surface area contributed by atoms with Crippen molar-refractivity contribution in [3.8, 4) is 0 Å². The van der Waals surface area contributed by atoms with Crippen molar-refractivity contribution in [3.63, 3.8) is 0 Å². The Bertz CT molecular complexity index is 146. The van der Waals surface area contributed by atoms with Crippen molar-refractivity contribution in [3.05, 3.63) is 0 Å². The number of rotatable bonds is 12. The average Bonchev–Trinajstić information content (AvgIpc) is 2.30. The van der Waals surface area contributed by atoms with Crippen LogP contribution in [0.25, 0.3) is 0 Å². The molecule has 0 fully saturated rings. The van der Waals surface area contributed by atoms with Gasteiger partial charge in [0.25, 0.3) is 0 Å². The molecule has 0 aliphatic carbocycles. The first-order valence-corrected chi connectivity index (χ1v) is 7.66.